The van der Waals surface area contributed by atoms with Gasteiger partial charge >= 0.3 is 0 Å². The number of aromatic nitrogens is 2. The third-order valence-corrected chi connectivity index (χ3v) is 5.54. The van der Waals surface area contributed by atoms with Crippen molar-refractivity contribution >= 4 is 0 Å². The minimum Gasteiger partial charge on any atom is -0.375 e. The predicted octanol–water partition coefficient (Wildman–Crippen LogP) is 2.98. The molecule has 2 fully saturated rings. The molecule has 1 unspecified atom stereocenters. The second-order valence-electron chi connectivity index (χ2n) is 7.51. The van der Waals surface area contributed by atoms with Gasteiger partial charge in [-0.2, -0.15) is 0 Å². The maximum Gasteiger partial charge on any atom is 0.0964 e. The average Bonchev–Trinajstić information content (AvgIpc) is 3.03. The molecule has 2 aliphatic rings. The second-order valence-corrected chi connectivity index (χ2v) is 7.51. The maximum atomic E-state index is 6.17. The molecule has 0 radical (unpaired) electrons. The lowest BCUT2D eigenvalue weighted by Gasteiger charge is -2.50. The van der Waals surface area contributed by atoms with E-state index in [1.54, 1.807) is 0 Å². The normalized spacial score (nSPS) is 21.8. The molecule has 138 valence electrons. The lowest BCUT2D eigenvalue weighted by Crippen LogP contribution is -2.64. The zero-order chi connectivity index (χ0) is 17.8. The summed E-state index contributed by atoms with van der Waals surface area (Å²) >= 11 is 0. The van der Waals surface area contributed by atoms with E-state index >= 15 is 0 Å². The van der Waals surface area contributed by atoms with Crippen molar-refractivity contribution in [2.75, 3.05) is 26.3 Å². The van der Waals surface area contributed by atoms with Crippen molar-refractivity contribution in [1.82, 2.24) is 14.9 Å². The molecule has 5 heteroatoms. The number of hydrogen-bond acceptors (Lipinski definition) is 5. The van der Waals surface area contributed by atoms with Gasteiger partial charge in [-0.25, -0.2) is 0 Å². The van der Waals surface area contributed by atoms with Crippen molar-refractivity contribution in [1.29, 1.82) is 0 Å². The summed E-state index contributed by atoms with van der Waals surface area (Å²) in [5.74, 6) is 0.599. The highest BCUT2D eigenvalue weighted by Gasteiger charge is 2.52. The van der Waals surface area contributed by atoms with Gasteiger partial charge in [0.05, 0.1) is 17.9 Å². The zero-order valence-electron chi connectivity index (χ0n) is 15.4. The van der Waals surface area contributed by atoms with Crippen molar-refractivity contribution < 1.29 is 9.47 Å². The van der Waals surface area contributed by atoms with Gasteiger partial charge in [0.15, 0.2) is 0 Å². The second kappa shape index (κ2) is 7.82. The third kappa shape index (κ3) is 3.95. The summed E-state index contributed by atoms with van der Waals surface area (Å²) in [6, 6.07) is 10.2. The number of hydrogen-bond donors (Lipinski definition) is 0. The molecule has 0 aromatic carbocycles. The monoisotopic (exact) mass is 353 g/mol. The summed E-state index contributed by atoms with van der Waals surface area (Å²) in [6.07, 6.45) is 5.93. The van der Waals surface area contributed by atoms with Gasteiger partial charge in [0.1, 0.15) is 0 Å². The van der Waals surface area contributed by atoms with Crippen LogP contribution in [0.5, 0.6) is 0 Å². The van der Waals surface area contributed by atoms with Crippen LogP contribution in [0, 0.1) is 12.8 Å². The Bertz CT molecular complexity index is 716. The van der Waals surface area contributed by atoms with Crippen molar-refractivity contribution in [3.63, 3.8) is 0 Å². The number of aryl methyl sites for hydroxylation is 1. The average molecular weight is 353 g/mol. The van der Waals surface area contributed by atoms with Gasteiger partial charge in [0, 0.05) is 50.9 Å². The van der Waals surface area contributed by atoms with Gasteiger partial charge in [-0.3, -0.25) is 14.9 Å². The number of ether oxygens (including phenoxy) is 2. The quantitative estimate of drug-likeness (QED) is 0.716. The summed E-state index contributed by atoms with van der Waals surface area (Å²) in [5, 5.41) is 0. The molecule has 2 aromatic rings. The molecule has 4 rings (SSSR count). The van der Waals surface area contributed by atoms with Crippen molar-refractivity contribution in [3.05, 3.63) is 59.7 Å². The molecule has 0 amide bonds. The van der Waals surface area contributed by atoms with Crippen LogP contribution in [0.1, 0.15) is 29.8 Å². The molecule has 0 saturated carbocycles. The topological polar surface area (TPSA) is 47.5 Å². The van der Waals surface area contributed by atoms with Crippen LogP contribution in [0.3, 0.4) is 0 Å². The zero-order valence-corrected chi connectivity index (χ0v) is 15.4. The molecule has 1 spiro atoms. The highest BCUT2D eigenvalue weighted by molar-refractivity contribution is 5.13. The Morgan fingerprint density at radius 2 is 2.08 bits per heavy atom. The summed E-state index contributed by atoms with van der Waals surface area (Å²) in [6.45, 7) is 7.30. The van der Waals surface area contributed by atoms with E-state index in [0.29, 0.717) is 12.5 Å². The van der Waals surface area contributed by atoms with E-state index in [0.717, 1.165) is 57.1 Å². The molecule has 0 bridgehead atoms. The fourth-order valence-corrected chi connectivity index (χ4v) is 4.19. The third-order valence-electron chi connectivity index (χ3n) is 5.54. The first-order valence-electron chi connectivity index (χ1n) is 9.49. The van der Waals surface area contributed by atoms with Crippen molar-refractivity contribution in [2.24, 2.45) is 5.92 Å². The number of likely N-dealkylation sites (tertiary alicyclic amines) is 1. The van der Waals surface area contributed by atoms with Gasteiger partial charge in [-0.05, 0) is 55.5 Å². The fraction of sp³-hybridized carbons (Fsp3) is 0.524. The van der Waals surface area contributed by atoms with Crippen LogP contribution < -0.4 is 0 Å². The lowest BCUT2D eigenvalue weighted by atomic mass is 9.79. The Morgan fingerprint density at radius 1 is 1.23 bits per heavy atom. The van der Waals surface area contributed by atoms with E-state index in [2.05, 4.69) is 27.0 Å². The molecular weight excluding hydrogens is 326 g/mol. The Hall–Kier alpha value is -1.82. The molecule has 2 aliphatic heterocycles. The molecular formula is C21H27N3O2. The number of rotatable bonds is 7. The van der Waals surface area contributed by atoms with Crippen LogP contribution in [0.4, 0.5) is 0 Å². The first kappa shape index (κ1) is 17.6. The van der Waals surface area contributed by atoms with Gasteiger partial charge < -0.3 is 9.47 Å². The van der Waals surface area contributed by atoms with Crippen LogP contribution in [-0.2, 0) is 22.6 Å². The predicted molar refractivity (Wildman–Crippen MR) is 99.6 cm³/mol. The van der Waals surface area contributed by atoms with E-state index in [1.807, 2.05) is 37.5 Å². The van der Waals surface area contributed by atoms with E-state index in [4.69, 9.17) is 9.47 Å². The Morgan fingerprint density at radius 3 is 2.88 bits per heavy atom. The summed E-state index contributed by atoms with van der Waals surface area (Å²) in [5.41, 5.74) is 3.42. The Balaban J connectivity index is 1.22. The van der Waals surface area contributed by atoms with Crippen molar-refractivity contribution in [3.8, 4) is 0 Å². The van der Waals surface area contributed by atoms with E-state index in [-0.39, 0.29) is 5.60 Å². The van der Waals surface area contributed by atoms with Gasteiger partial charge in [0.25, 0.3) is 0 Å². The van der Waals surface area contributed by atoms with Gasteiger partial charge in [-0.15, -0.1) is 0 Å². The van der Waals surface area contributed by atoms with Crippen LogP contribution in [0.25, 0.3) is 0 Å². The molecule has 0 aliphatic carbocycles. The highest BCUT2D eigenvalue weighted by atomic mass is 16.5. The summed E-state index contributed by atoms with van der Waals surface area (Å²) in [4.78, 5) is 11.0. The first-order valence-corrected chi connectivity index (χ1v) is 9.49. The SMILES string of the molecule is Cc1cccc(COCCC2CCOC23CN(Cc2ccncc2)C3)n1. The largest absolute Gasteiger partial charge is 0.375 e. The van der Waals surface area contributed by atoms with Crippen LogP contribution in [0.15, 0.2) is 42.7 Å². The van der Waals surface area contributed by atoms with Crippen LogP contribution in [0.2, 0.25) is 0 Å². The van der Waals surface area contributed by atoms with Gasteiger partial charge in [-0.1, -0.05) is 6.07 Å². The summed E-state index contributed by atoms with van der Waals surface area (Å²) in [7, 11) is 0. The highest BCUT2D eigenvalue weighted by Crippen LogP contribution is 2.42. The Labute approximate surface area is 155 Å². The molecule has 26 heavy (non-hydrogen) atoms. The lowest BCUT2D eigenvalue weighted by molar-refractivity contribution is -0.139. The molecule has 1 atom stereocenters. The maximum absolute atomic E-state index is 6.17. The molecule has 4 heterocycles. The molecule has 2 aromatic heterocycles. The molecule has 0 N–H and O–H groups in total. The number of nitrogens with zero attached hydrogens (tertiary/aromatic N) is 3. The van der Waals surface area contributed by atoms with Gasteiger partial charge in [0.2, 0.25) is 0 Å². The summed E-state index contributed by atoms with van der Waals surface area (Å²) < 4.78 is 12.0. The van der Waals surface area contributed by atoms with Crippen molar-refractivity contribution in [2.45, 2.75) is 38.5 Å². The van der Waals surface area contributed by atoms with Crippen LogP contribution in [-0.4, -0.2) is 46.8 Å². The minimum absolute atomic E-state index is 0.0535. The standard InChI is InChI=1S/C21H27N3O2/c1-17-3-2-4-20(23-17)14-25-11-7-19-8-12-26-21(19)15-24(16-21)13-18-5-9-22-10-6-18/h2-6,9-10,19H,7-8,11-16H2,1H3. The molecule has 2 saturated heterocycles. The van der Waals surface area contributed by atoms with Crippen LogP contribution >= 0.6 is 0 Å². The first-order chi connectivity index (χ1) is 12.7. The fourth-order valence-electron chi connectivity index (χ4n) is 4.19. The smallest absolute Gasteiger partial charge is 0.0964 e. The minimum atomic E-state index is 0.0535. The number of pyridine rings is 2. The Kier molecular flexibility index (Phi) is 5.29. The molecule has 5 nitrogen and oxygen atoms in total. The van der Waals surface area contributed by atoms with E-state index in [1.165, 1.54) is 5.56 Å². The van der Waals surface area contributed by atoms with E-state index in [9.17, 15) is 0 Å². The van der Waals surface area contributed by atoms with E-state index < -0.39 is 0 Å².